The van der Waals surface area contributed by atoms with Crippen molar-refractivity contribution in [3.05, 3.63) is 23.8 Å². The molecule has 20 heavy (non-hydrogen) atoms. The summed E-state index contributed by atoms with van der Waals surface area (Å²) in [7, 11) is 0. The van der Waals surface area contributed by atoms with E-state index in [1.165, 1.54) is 12.4 Å². The number of urea groups is 1. The molecule has 0 aliphatic carbocycles. The molecule has 2 aliphatic heterocycles. The van der Waals surface area contributed by atoms with E-state index in [1.54, 1.807) is 0 Å². The summed E-state index contributed by atoms with van der Waals surface area (Å²) in [5, 5.41) is 13.7. The number of nitrogens with zero attached hydrogens (tertiary/aromatic N) is 3. The first kappa shape index (κ1) is 12.2. The minimum absolute atomic E-state index is 0.0463. The number of barbiturate groups is 1. The molecule has 10 heteroatoms. The van der Waals surface area contributed by atoms with Crippen molar-refractivity contribution in [3.63, 3.8) is 0 Å². The molecule has 1 fully saturated rings. The third-order valence-corrected chi connectivity index (χ3v) is 2.92. The number of amides is 5. The molecule has 1 aromatic rings. The van der Waals surface area contributed by atoms with Gasteiger partial charge in [0.15, 0.2) is 18.0 Å². The largest absolute Gasteiger partial charge is 0.368 e. The molecule has 0 aromatic carbocycles. The van der Waals surface area contributed by atoms with Crippen molar-refractivity contribution in [2.24, 2.45) is 0 Å². The zero-order valence-corrected chi connectivity index (χ0v) is 9.73. The third-order valence-electron chi connectivity index (χ3n) is 2.92. The Kier molecular flexibility index (Phi) is 2.47. The predicted octanol–water partition coefficient (Wildman–Crippen LogP) is -2.34. The molecule has 0 bridgehead atoms. The van der Waals surface area contributed by atoms with E-state index in [9.17, 15) is 24.3 Å². The Labute approximate surface area is 110 Å². The Morgan fingerprint density at radius 1 is 1.05 bits per heavy atom. The minimum Gasteiger partial charge on any atom is -0.368 e. The fourth-order valence-corrected chi connectivity index (χ4v) is 2.09. The molecular formula is C10H7N5O5. The number of nitrogens with one attached hydrogen (secondary N) is 2. The van der Waals surface area contributed by atoms with Crippen LogP contribution >= 0.6 is 0 Å². The minimum atomic E-state index is -1.66. The number of carbonyl (C=O) groups excluding carboxylic acids is 4. The Bertz CT molecular complexity index is 639. The van der Waals surface area contributed by atoms with Crippen molar-refractivity contribution in [2.45, 2.75) is 12.3 Å². The quantitative estimate of drug-likeness (QED) is 0.488. The van der Waals surface area contributed by atoms with Gasteiger partial charge in [-0.3, -0.25) is 34.9 Å². The summed E-state index contributed by atoms with van der Waals surface area (Å²) in [6, 6.07) is -2.64. The van der Waals surface area contributed by atoms with Crippen molar-refractivity contribution in [3.8, 4) is 0 Å². The monoisotopic (exact) mass is 277 g/mol. The molecule has 1 atom stereocenters. The summed E-state index contributed by atoms with van der Waals surface area (Å²) >= 11 is 0. The molecule has 0 saturated carbocycles. The van der Waals surface area contributed by atoms with Crippen LogP contribution in [0.3, 0.4) is 0 Å². The van der Waals surface area contributed by atoms with Gasteiger partial charge in [-0.15, -0.1) is 0 Å². The fraction of sp³-hybridized carbons (Fsp3) is 0.200. The molecule has 2 aliphatic rings. The van der Waals surface area contributed by atoms with Crippen LogP contribution in [-0.4, -0.2) is 49.8 Å². The summed E-state index contributed by atoms with van der Waals surface area (Å²) in [4.78, 5) is 54.7. The van der Waals surface area contributed by atoms with E-state index in [0.29, 0.717) is 4.90 Å². The van der Waals surface area contributed by atoms with Gasteiger partial charge < -0.3 is 5.11 Å². The zero-order chi connectivity index (χ0) is 14.4. The smallest absolute Gasteiger partial charge is 0.328 e. The van der Waals surface area contributed by atoms with Crippen LogP contribution < -0.4 is 10.6 Å². The first-order chi connectivity index (χ1) is 9.50. The van der Waals surface area contributed by atoms with Crippen molar-refractivity contribution in [2.75, 3.05) is 0 Å². The van der Waals surface area contributed by atoms with Crippen LogP contribution in [0.1, 0.15) is 22.4 Å². The van der Waals surface area contributed by atoms with Gasteiger partial charge in [0, 0.05) is 12.4 Å². The lowest BCUT2D eigenvalue weighted by molar-refractivity contribution is -0.141. The Balaban J connectivity index is 2.00. The van der Waals surface area contributed by atoms with Crippen LogP contribution in [0, 0.1) is 0 Å². The number of carbonyl (C=O) groups is 4. The number of aliphatic hydroxyl groups is 1. The molecule has 10 nitrogen and oxygen atoms in total. The lowest BCUT2D eigenvalue weighted by Gasteiger charge is -2.30. The normalized spacial score (nSPS) is 22.6. The number of fused-ring (bicyclic) bond motifs is 1. The highest BCUT2D eigenvalue weighted by Gasteiger charge is 2.49. The summed E-state index contributed by atoms with van der Waals surface area (Å²) < 4.78 is 0. The van der Waals surface area contributed by atoms with Gasteiger partial charge in [-0.25, -0.2) is 9.78 Å². The maximum atomic E-state index is 12.1. The highest BCUT2D eigenvalue weighted by Crippen LogP contribution is 2.30. The average Bonchev–Trinajstić information content (AvgIpc) is 2.64. The van der Waals surface area contributed by atoms with Crippen molar-refractivity contribution < 1.29 is 24.3 Å². The summed E-state index contributed by atoms with van der Waals surface area (Å²) in [5.41, 5.74) is -0.187. The van der Waals surface area contributed by atoms with Crippen molar-refractivity contribution in [1.29, 1.82) is 0 Å². The number of hydrogen-bond acceptors (Lipinski definition) is 7. The van der Waals surface area contributed by atoms with Crippen molar-refractivity contribution in [1.82, 2.24) is 25.5 Å². The first-order valence-corrected chi connectivity index (χ1v) is 5.48. The van der Waals surface area contributed by atoms with E-state index in [-0.39, 0.29) is 11.4 Å². The van der Waals surface area contributed by atoms with E-state index in [0.717, 1.165) is 0 Å². The number of hydrogen-bond donors (Lipinski definition) is 3. The van der Waals surface area contributed by atoms with Gasteiger partial charge >= 0.3 is 6.03 Å². The second-order valence-corrected chi connectivity index (χ2v) is 4.09. The van der Waals surface area contributed by atoms with Crippen LogP contribution in [0.4, 0.5) is 4.79 Å². The summed E-state index contributed by atoms with van der Waals surface area (Å²) in [5.74, 6) is -2.82. The molecule has 5 amide bonds. The van der Waals surface area contributed by atoms with E-state index < -0.39 is 36.0 Å². The molecule has 1 unspecified atom stereocenters. The van der Waals surface area contributed by atoms with Gasteiger partial charge in [0.05, 0.1) is 0 Å². The maximum Gasteiger partial charge on any atom is 0.328 e. The van der Waals surface area contributed by atoms with Crippen LogP contribution in [0.25, 0.3) is 0 Å². The Hall–Kier alpha value is -2.88. The molecule has 1 saturated heterocycles. The molecule has 102 valence electrons. The van der Waals surface area contributed by atoms with Crippen LogP contribution in [0.15, 0.2) is 12.4 Å². The number of aliphatic hydroxyl groups excluding tert-OH is 1. The molecule has 3 heterocycles. The van der Waals surface area contributed by atoms with Crippen molar-refractivity contribution >= 4 is 23.8 Å². The highest BCUT2D eigenvalue weighted by molar-refractivity contribution is 6.20. The van der Waals surface area contributed by atoms with Crippen LogP contribution in [-0.2, 0) is 9.59 Å². The molecule has 1 aromatic heterocycles. The molecule has 3 rings (SSSR count). The van der Waals surface area contributed by atoms with E-state index in [2.05, 4.69) is 9.97 Å². The SMILES string of the molecule is O=C1NC(=O)C(N2C(=O)c3nccnc3C2O)C(=O)N1. The zero-order valence-electron chi connectivity index (χ0n) is 9.73. The second-order valence-electron chi connectivity index (χ2n) is 4.09. The van der Waals surface area contributed by atoms with E-state index in [1.807, 2.05) is 10.6 Å². The number of rotatable bonds is 1. The van der Waals surface area contributed by atoms with Gasteiger partial charge in [-0.1, -0.05) is 0 Å². The fourth-order valence-electron chi connectivity index (χ4n) is 2.09. The lowest BCUT2D eigenvalue weighted by Crippen LogP contribution is -2.64. The van der Waals surface area contributed by atoms with Crippen LogP contribution in [0.5, 0.6) is 0 Å². The molecule has 0 radical (unpaired) electrons. The topological polar surface area (TPSA) is 142 Å². The van der Waals surface area contributed by atoms with Gasteiger partial charge in [0.1, 0.15) is 5.69 Å². The average molecular weight is 277 g/mol. The van der Waals surface area contributed by atoms with Crippen LogP contribution in [0.2, 0.25) is 0 Å². The third kappa shape index (κ3) is 1.55. The van der Waals surface area contributed by atoms with Gasteiger partial charge in [-0.2, -0.15) is 0 Å². The summed E-state index contributed by atoms with van der Waals surface area (Å²) in [6.07, 6.45) is 0.932. The highest BCUT2D eigenvalue weighted by atomic mass is 16.3. The Morgan fingerprint density at radius 2 is 1.65 bits per heavy atom. The second kappa shape index (κ2) is 4.06. The molecular weight excluding hydrogens is 270 g/mol. The standard InChI is InChI=1S/C10H7N5O5/c16-6-5(7(17)14-10(20)13-6)15-8(18)3-4(9(15)19)12-2-1-11-3/h1-2,5,8,18H,(H2,13,14,16,17,20). The van der Waals surface area contributed by atoms with Gasteiger partial charge in [0.2, 0.25) is 0 Å². The number of imide groups is 2. The van der Waals surface area contributed by atoms with E-state index >= 15 is 0 Å². The molecule has 3 N–H and O–H groups in total. The predicted molar refractivity (Wildman–Crippen MR) is 58.6 cm³/mol. The molecule has 0 spiro atoms. The Morgan fingerprint density at radius 3 is 2.25 bits per heavy atom. The lowest BCUT2D eigenvalue weighted by atomic mass is 10.2. The van der Waals surface area contributed by atoms with Gasteiger partial charge in [-0.05, 0) is 0 Å². The van der Waals surface area contributed by atoms with E-state index in [4.69, 9.17) is 0 Å². The first-order valence-electron chi connectivity index (χ1n) is 5.48. The maximum absolute atomic E-state index is 12.1. The summed E-state index contributed by atoms with van der Waals surface area (Å²) in [6.45, 7) is 0. The van der Waals surface area contributed by atoms with Gasteiger partial charge in [0.25, 0.3) is 17.7 Å². The number of aromatic nitrogens is 2.